The van der Waals surface area contributed by atoms with Crippen LogP contribution in [0.1, 0.15) is 18.4 Å². The van der Waals surface area contributed by atoms with Crippen LogP contribution in [0.4, 0.5) is 4.39 Å². The van der Waals surface area contributed by atoms with Gasteiger partial charge in [-0.05, 0) is 48.5 Å². The Balaban J connectivity index is 1.72. The summed E-state index contributed by atoms with van der Waals surface area (Å²) in [5.41, 5.74) is 1.21. The maximum Gasteiger partial charge on any atom is 0.305 e. The third-order valence-corrected chi connectivity index (χ3v) is 8.02. The lowest BCUT2D eigenvalue weighted by atomic mass is 10.1. The number of aliphatic carboxylic acids is 1. The van der Waals surface area contributed by atoms with Crippen molar-refractivity contribution in [3.8, 4) is 11.5 Å². The Labute approximate surface area is 239 Å². The van der Waals surface area contributed by atoms with Gasteiger partial charge in [0, 0.05) is 38.3 Å². The Kier molecular flexibility index (Phi) is 10.1. The predicted octanol–water partition coefficient (Wildman–Crippen LogP) is 6.29. The molecule has 0 fully saturated rings. The van der Waals surface area contributed by atoms with Crippen molar-refractivity contribution in [3.05, 3.63) is 84.3 Å². The van der Waals surface area contributed by atoms with E-state index in [1.807, 2.05) is 48.5 Å². The summed E-state index contributed by atoms with van der Waals surface area (Å²) < 4.78 is 26.1. The molecule has 0 unspecified atom stereocenters. The summed E-state index contributed by atoms with van der Waals surface area (Å²) in [6, 6.07) is 18.0. The second-order valence-corrected chi connectivity index (χ2v) is 11.0. The van der Waals surface area contributed by atoms with Gasteiger partial charge in [-0.25, -0.2) is 4.39 Å². The number of nitrogens with zero attached hydrogens (tertiary/aromatic N) is 1. The Morgan fingerprint density at radius 2 is 1.65 bits per heavy atom. The van der Waals surface area contributed by atoms with E-state index in [1.54, 1.807) is 32.6 Å². The van der Waals surface area contributed by atoms with Crippen LogP contribution in [-0.2, 0) is 4.79 Å². The molecule has 4 aromatic rings. The number of halogens is 1. The second kappa shape index (κ2) is 13.7. The molecule has 4 rings (SSSR count). The molecular weight excluding hydrogens is 553 g/mol. The zero-order chi connectivity index (χ0) is 28.6. The molecule has 1 aromatic heterocycles. The van der Waals surface area contributed by atoms with Gasteiger partial charge in [0.15, 0.2) is 0 Å². The normalized spacial score (nSPS) is 12.9. The van der Waals surface area contributed by atoms with Crippen molar-refractivity contribution in [3.63, 3.8) is 0 Å². The number of methoxy groups -OCH3 is 2. The Morgan fingerprint density at radius 1 is 1.00 bits per heavy atom. The first-order chi connectivity index (χ1) is 19.2. The first-order valence-corrected chi connectivity index (χ1v) is 13.9. The number of rotatable bonds is 12. The zero-order valence-corrected chi connectivity index (χ0v) is 23.4. The lowest BCUT2D eigenvalue weighted by Crippen LogP contribution is -2.19. The number of aliphatic hydroxyl groups is 2. The summed E-state index contributed by atoms with van der Waals surface area (Å²) >= 11 is 2.67. The number of carbonyl (C=O) groups is 1. The summed E-state index contributed by atoms with van der Waals surface area (Å²) in [5, 5.41) is 29.7. The van der Waals surface area contributed by atoms with Crippen molar-refractivity contribution in [2.45, 2.75) is 44.6 Å². The van der Waals surface area contributed by atoms with E-state index >= 15 is 4.39 Å². The molecule has 2 atom stereocenters. The summed E-state index contributed by atoms with van der Waals surface area (Å²) in [6.07, 6.45) is 1.87. The average molecular weight is 582 g/mol. The number of hydrogen-bond donors (Lipinski definition) is 3. The maximum atomic E-state index is 15.5. The molecule has 40 heavy (non-hydrogen) atoms. The van der Waals surface area contributed by atoms with E-state index in [0.29, 0.717) is 37.8 Å². The van der Waals surface area contributed by atoms with Crippen molar-refractivity contribution in [2.24, 2.45) is 0 Å². The molecule has 3 aromatic carbocycles. The van der Waals surface area contributed by atoms with Crippen LogP contribution < -0.4 is 9.47 Å². The van der Waals surface area contributed by atoms with Gasteiger partial charge in [0.25, 0.3) is 0 Å². The van der Waals surface area contributed by atoms with Crippen LogP contribution in [0, 0.1) is 5.82 Å². The molecule has 10 heteroatoms. The predicted molar refractivity (Wildman–Crippen MR) is 154 cm³/mol. The first-order valence-electron chi connectivity index (χ1n) is 12.3. The quantitative estimate of drug-likeness (QED) is 0.178. The van der Waals surface area contributed by atoms with Crippen LogP contribution in [0.25, 0.3) is 17.0 Å². The number of carboxylic acid groups (broad SMARTS) is 1. The highest BCUT2D eigenvalue weighted by Crippen LogP contribution is 2.40. The Hall–Kier alpha value is -3.57. The van der Waals surface area contributed by atoms with E-state index < -0.39 is 30.4 Å². The zero-order valence-electron chi connectivity index (χ0n) is 21.8. The third kappa shape index (κ3) is 7.76. The average Bonchev–Trinajstić information content (AvgIpc) is 2.93. The molecule has 0 aliphatic rings. The standard InChI is InChI=1S/C30H28FNO6S2/c1-37-21-5-3-7-23(13-21)39-28-16-27-25(15-26(28)31)30(40-24-8-4-6-22(14-24)38-2)18(17-32-27)9-10-19(33)11-20(34)12-29(35)36/h3-10,13-17,19-20,33-34H,11-12H2,1-2H3,(H,35,36)/b10-9+/t19-,20-/m1/s1. The molecule has 0 spiro atoms. The van der Waals surface area contributed by atoms with Gasteiger partial charge in [-0.3, -0.25) is 9.78 Å². The lowest BCUT2D eigenvalue weighted by Gasteiger charge is -2.14. The van der Waals surface area contributed by atoms with Crippen molar-refractivity contribution >= 4 is 46.5 Å². The van der Waals surface area contributed by atoms with Gasteiger partial charge in [0.1, 0.15) is 17.3 Å². The van der Waals surface area contributed by atoms with Gasteiger partial charge in [0.2, 0.25) is 0 Å². The Morgan fingerprint density at radius 3 is 2.27 bits per heavy atom. The molecule has 3 N–H and O–H groups in total. The van der Waals surface area contributed by atoms with Gasteiger partial charge in [0.05, 0.1) is 43.3 Å². The molecule has 7 nitrogen and oxygen atoms in total. The molecule has 208 valence electrons. The fourth-order valence-corrected chi connectivity index (χ4v) is 5.90. The summed E-state index contributed by atoms with van der Waals surface area (Å²) in [7, 11) is 3.16. The number of benzene rings is 3. The molecule has 1 heterocycles. The molecule has 0 aliphatic carbocycles. The highest BCUT2D eigenvalue weighted by molar-refractivity contribution is 7.99. The number of carboxylic acids is 1. The molecule has 0 saturated heterocycles. The number of fused-ring (bicyclic) bond motifs is 1. The molecule has 0 aliphatic heterocycles. The number of aromatic nitrogens is 1. The van der Waals surface area contributed by atoms with Crippen molar-refractivity contribution in [1.29, 1.82) is 0 Å². The van der Waals surface area contributed by atoms with E-state index in [9.17, 15) is 15.0 Å². The summed E-state index contributed by atoms with van der Waals surface area (Å²) in [5.74, 6) is -0.209. The fourth-order valence-electron chi connectivity index (χ4n) is 3.93. The van der Waals surface area contributed by atoms with E-state index in [-0.39, 0.29) is 6.42 Å². The molecule has 0 saturated carbocycles. The minimum Gasteiger partial charge on any atom is -0.497 e. The monoisotopic (exact) mass is 581 g/mol. The molecule has 0 radical (unpaired) electrons. The van der Waals surface area contributed by atoms with Crippen LogP contribution in [0.5, 0.6) is 11.5 Å². The third-order valence-electron chi connectivity index (χ3n) is 5.85. The fraction of sp³-hybridized carbons (Fsp3) is 0.200. The largest absolute Gasteiger partial charge is 0.497 e. The molecule has 0 bridgehead atoms. The van der Waals surface area contributed by atoms with Crippen molar-refractivity contribution < 1.29 is 34.0 Å². The van der Waals surface area contributed by atoms with Crippen LogP contribution >= 0.6 is 23.5 Å². The van der Waals surface area contributed by atoms with Crippen molar-refractivity contribution in [1.82, 2.24) is 4.98 Å². The van der Waals surface area contributed by atoms with E-state index in [1.165, 1.54) is 35.7 Å². The number of hydrogen-bond acceptors (Lipinski definition) is 8. The van der Waals surface area contributed by atoms with Crippen LogP contribution in [0.2, 0.25) is 0 Å². The van der Waals surface area contributed by atoms with Gasteiger partial charge < -0.3 is 24.8 Å². The summed E-state index contributed by atoms with van der Waals surface area (Å²) in [6.45, 7) is 0. The van der Waals surface area contributed by atoms with E-state index in [2.05, 4.69) is 4.98 Å². The maximum absolute atomic E-state index is 15.5. The van der Waals surface area contributed by atoms with E-state index in [0.717, 1.165) is 9.79 Å². The highest BCUT2D eigenvalue weighted by atomic mass is 32.2. The number of aliphatic hydroxyl groups excluding tert-OH is 2. The highest BCUT2D eigenvalue weighted by Gasteiger charge is 2.16. The summed E-state index contributed by atoms with van der Waals surface area (Å²) in [4.78, 5) is 18.2. The van der Waals surface area contributed by atoms with Crippen LogP contribution in [-0.4, -0.2) is 52.7 Å². The molecule has 0 amide bonds. The number of pyridine rings is 1. The topological polar surface area (TPSA) is 109 Å². The number of ether oxygens (including phenoxy) is 2. The van der Waals surface area contributed by atoms with E-state index in [4.69, 9.17) is 14.6 Å². The van der Waals surface area contributed by atoms with Gasteiger partial charge >= 0.3 is 5.97 Å². The Bertz CT molecular complexity index is 1530. The van der Waals surface area contributed by atoms with Gasteiger partial charge in [-0.2, -0.15) is 0 Å². The SMILES string of the molecule is COc1cccc(Sc2cc3ncc(/C=C/[C@@H](O)C[C@@H](O)CC(=O)O)c(Sc4cccc(OC)c4)c3cc2F)c1. The van der Waals surface area contributed by atoms with Crippen molar-refractivity contribution in [2.75, 3.05) is 14.2 Å². The van der Waals surface area contributed by atoms with Gasteiger partial charge in [-0.1, -0.05) is 47.8 Å². The minimum absolute atomic E-state index is 0.137. The van der Waals surface area contributed by atoms with Crippen LogP contribution in [0.15, 0.2) is 92.5 Å². The minimum atomic E-state index is -1.19. The van der Waals surface area contributed by atoms with Gasteiger partial charge in [-0.15, -0.1) is 0 Å². The molecular formula is C30H28FNO6S2. The lowest BCUT2D eigenvalue weighted by molar-refractivity contribution is -0.139. The smallest absolute Gasteiger partial charge is 0.305 e. The second-order valence-electron chi connectivity index (χ2n) is 8.82. The van der Waals surface area contributed by atoms with Crippen LogP contribution in [0.3, 0.4) is 0 Å². The first kappa shape index (κ1) is 29.4.